The maximum absolute atomic E-state index is 10.2. The number of aliphatic hydroxyl groups is 1. The Labute approximate surface area is 141 Å². The average molecular weight is 315 g/mol. The van der Waals surface area contributed by atoms with Crippen LogP contribution in [0.2, 0.25) is 0 Å². The molecular formula is C22H34O. The van der Waals surface area contributed by atoms with Gasteiger partial charge in [0.15, 0.2) is 0 Å². The van der Waals surface area contributed by atoms with Crippen LogP contribution in [0.5, 0.6) is 0 Å². The van der Waals surface area contributed by atoms with Gasteiger partial charge < -0.3 is 5.11 Å². The molecule has 5 aliphatic carbocycles. The fourth-order valence-corrected chi connectivity index (χ4v) is 8.48. The van der Waals surface area contributed by atoms with Crippen molar-refractivity contribution in [3.8, 4) is 0 Å². The Balaban J connectivity index is 1.46. The van der Waals surface area contributed by atoms with Crippen LogP contribution in [0.4, 0.5) is 0 Å². The van der Waals surface area contributed by atoms with Gasteiger partial charge in [-0.3, -0.25) is 0 Å². The molecule has 1 nitrogen and oxygen atoms in total. The summed E-state index contributed by atoms with van der Waals surface area (Å²) in [4.78, 5) is 0. The van der Waals surface area contributed by atoms with Crippen LogP contribution < -0.4 is 0 Å². The number of fused-ring (bicyclic) bond motifs is 4. The minimum atomic E-state index is -0.00102. The third-order valence-electron chi connectivity index (χ3n) is 9.57. The molecule has 128 valence electrons. The van der Waals surface area contributed by atoms with Gasteiger partial charge in [-0.05, 0) is 111 Å². The Bertz CT molecular complexity index is 510. The lowest BCUT2D eigenvalue weighted by atomic mass is 9.43. The summed E-state index contributed by atoms with van der Waals surface area (Å²) in [5.41, 5.74) is 1.25. The van der Waals surface area contributed by atoms with Gasteiger partial charge in [0.05, 0.1) is 6.10 Å². The molecule has 0 aromatic carbocycles. The minimum absolute atomic E-state index is 0.00102. The fourth-order valence-electron chi connectivity index (χ4n) is 8.48. The van der Waals surface area contributed by atoms with Gasteiger partial charge in [-0.1, -0.05) is 19.1 Å². The number of rotatable bonds is 0. The topological polar surface area (TPSA) is 20.2 Å². The van der Waals surface area contributed by atoms with Crippen molar-refractivity contribution in [2.75, 3.05) is 0 Å². The van der Waals surface area contributed by atoms with Crippen molar-refractivity contribution in [1.82, 2.24) is 0 Å². The Morgan fingerprint density at radius 3 is 2.74 bits per heavy atom. The smallest absolute Gasteiger partial charge is 0.0543 e. The van der Waals surface area contributed by atoms with Gasteiger partial charge in [0.2, 0.25) is 0 Å². The highest BCUT2D eigenvalue weighted by Gasteiger charge is 2.61. The molecule has 5 aliphatic rings. The van der Waals surface area contributed by atoms with E-state index >= 15 is 0 Å². The molecule has 8 atom stereocenters. The fraction of sp³-hybridized carbons (Fsp3) is 0.909. The van der Waals surface area contributed by atoms with E-state index in [1.54, 1.807) is 0 Å². The van der Waals surface area contributed by atoms with Gasteiger partial charge in [0, 0.05) is 0 Å². The van der Waals surface area contributed by atoms with Crippen molar-refractivity contribution < 1.29 is 5.11 Å². The second-order valence-corrected chi connectivity index (χ2v) is 10.0. The first-order valence-electron chi connectivity index (χ1n) is 10.5. The molecule has 1 N–H and O–H groups in total. The Kier molecular flexibility index (Phi) is 3.32. The van der Waals surface area contributed by atoms with Crippen molar-refractivity contribution in [3.05, 3.63) is 12.2 Å². The second kappa shape index (κ2) is 5.10. The summed E-state index contributed by atoms with van der Waals surface area (Å²) in [6, 6.07) is 0. The van der Waals surface area contributed by atoms with E-state index in [1.807, 2.05) is 0 Å². The highest BCUT2D eigenvalue weighted by Crippen LogP contribution is 2.69. The SMILES string of the molecule is C[C@]12CC[C@@H](O)C[C@H]1CC[C@H]1[C@@H]3CC[C@@H]4C=CCCC43CC[C@@H]12. The summed E-state index contributed by atoms with van der Waals surface area (Å²) in [7, 11) is 0. The van der Waals surface area contributed by atoms with Gasteiger partial charge in [0.25, 0.3) is 0 Å². The zero-order valence-electron chi connectivity index (χ0n) is 14.8. The molecule has 4 saturated carbocycles. The van der Waals surface area contributed by atoms with Crippen molar-refractivity contribution in [1.29, 1.82) is 0 Å². The lowest BCUT2D eigenvalue weighted by Gasteiger charge is -2.61. The number of aliphatic hydroxyl groups excluding tert-OH is 1. The molecule has 0 saturated heterocycles. The third kappa shape index (κ3) is 1.95. The molecule has 0 amide bonds. The number of hydrogen-bond acceptors (Lipinski definition) is 1. The maximum atomic E-state index is 10.2. The van der Waals surface area contributed by atoms with E-state index in [2.05, 4.69) is 19.1 Å². The summed E-state index contributed by atoms with van der Waals surface area (Å²) in [6.45, 7) is 2.62. The molecule has 0 aromatic rings. The number of hydrogen-bond donors (Lipinski definition) is 1. The van der Waals surface area contributed by atoms with Crippen LogP contribution in [0.25, 0.3) is 0 Å². The van der Waals surface area contributed by atoms with Crippen molar-refractivity contribution in [2.24, 2.45) is 40.4 Å². The Morgan fingerprint density at radius 2 is 1.83 bits per heavy atom. The van der Waals surface area contributed by atoms with Gasteiger partial charge in [0.1, 0.15) is 0 Å². The quantitative estimate of drug-likeness (QED) is 0.599. The highest BCUT2D eigenvalue weighted by molar-refractivity contribution is 5.16. The molecule has 5 rings (SSSR count). The first-order valence-corrected chi connectivity index (χ1v) is 10.5. The molecule has 0 heterocycles. The number of allylic oxidation sites excluding steroid dienone is 2. The third-order valence-corrected chi connectivity index (χ3v) is 9.57. The average Bonchev–Trinajstić information content (AvgIpc) is 2.95. The Morgan fingerprint density at radius 1 is 0.913 bits per heavy atom. The predicted octanol–water partition coefficient (Wildman–Crippen LogP) is 5.34. The van der Waals surface area contributed by atoms with Crippen LogP contribution in [0.1, 0.15) is 77.6 Å². The molecule has 4 fully saturated rings. The first kappa shape index (κ1) is 15.0. The van der Waals surface area contributed by atoms with Crippen LogP contribution in [-0.2, 0) is 0 Å². The molecule has 1 unspecified atom stereocenters. The summed E-state index contributed by atoms with van der Waals surface area (Å²) in [5, 5.41) is 10.2. The van der Waals surface area contributed by atoms with Crippen molar-refractivity contribution >= 4 is 0 Å². The lowest BCUT2D eigenvalue weighted by Crippen LogP contribution is -2.54. The van der Waals surface area contributed by atoms with Crippen LogP contribution >= 0.6 is 0 Å². The van der Waals surface area contributed by atoms with Crippen LogP contribution in [0.3, 0.4) is 0 Å². The molecule has 1 heteroatoms. The standard InChI is InChI=1S/C22H34O/c1-21-12-9-17(23)14-16(21)5-7-18-19(21)10-13-22-11-3-2-4-15(22)6-8-20(18)22/h2,4,15-20,23H,3,5-14H2,1H3/t15-,16+,17+,18+,19-,20-,21-,22?/m0/s1. The van der Waals surface area contributed by atoms with Crippen LogP contribution in [0.15, 0.2) is 12.2 Å². The van der Waals surface area contributed by atoms with Crippen LogP contribution in [0, 0.1) is 40.4 Å². The largest absolute Gasteiger partial charge is 0.393 e. The predicted molar refractivity (Wildman–Crippen MR) is 93.9 cm³/mol. The molecule has 1 spiro atoms. The normalized spacial score (nSPS) is 58.0. The van der Waals surface area contributed by atoms with E-state index in [0.29, 0.717) is 10.8 Å². The minimum Gasteiger partial charge on any atom is -0.393 e. The summed E-state index contributed by atoms with van der Waals surface area (Å²) >= 11 is 0. The zero-order chi connectivity index (χ0) is 15.7. The summed E-state index contributed by atoms with van der Waals surface area (Å²) < 4.78 is 0. The van der Waals surface area contributed by atoms with E-state index in [1.165, 1.54) is 57.8 Å². The monoisotopic (exact) mass is 314 g/mol. The molecule has 0 aromatic heterocycles. The molecule has 0 aliphatic heterocycles. The second-order valence-electron chi connectivity index (χ2n) is 10.0. The molecule has 0 radical (unpaired) electrons. The van der Waals surface area contributed by atoms with Crippen molar-refractivity contribution in [2.45, 2.75) is 83.7 Å². The molecule has 23 heavy (non-hydrogen) atoms. The van der Waals surface area contributed by atoms with E-state index in [-0.39, 0.29) is 6.10 Å². The summed E-state index contributed by atoms with van der Waals surface area (Å²) in [5.74, 6) is 4.73. The summed E-state index contributed by atoms with van der Waals surface area (Å²) in [6.07, 6.45) is 20.2. The van der Waals surface area contributed by atoms with E-state index < -0.39 is 0 Å². The molecular weight excluding hydrogens is 280 g/mol. The lowest BCUT2D eigenvalue weighted by molar-refractivity contribution is -0.130. The van der Waals surface area contributed by atoms with Crippen molar-refractivity contribution in [3.63, 3.8) is 0 Å². The van der Waals surface area contributed by atoms with Gasteiger partial charge in [-0.2, -0.15) is 0 Å². The van der Waals surface area contributed by atoms with Crippen LogP contribution in [-0.4, -0.2) is 11.2 Å². The Hall–Kier alpha value is -0.300. The van der Waals surface area contributed by atoms with E-state index in [9.17, 15) is 5.11 Å². The zero-order valence-corrected chi connectivity index (χ0v) is 14.8. The molecule has 0 bridgehead atoms. The highest BCUT2D eigenvalue weighted by atomic mass is 16.3. The van der Waals surface area contributed by atoms with E-state index in [0.717, 1.165) is 42.4 Å². The van der Waals surface area contributed by atoms with E-state index in [4.69, 9.17) is 0 Å². The first-order chi connectivity index (χ1) is 11.1. The maximum Gasteiger partial charge on any atom is 0.0543 e. The van der Waals surface area contributed by atoms with Gasteiger partial charge in [-0.15, -0.1) is 0 Å². The van der Waals surface area contributed by atoms with Gasteiger partial charge in [-0.25, -0.2) is 0 Å². The van der Waals surface area contributed by atoms with Gasteiger partial charge >= 0.3 is 0 Å².